The number of nitrogens with one attached hydrogen (secondary N) is 1. The lowest BCUT2D eigenvalue weighted by molar-refractivity contribution is 0.0820. The van der Waals surface area contributed by atoms with Crippen LogP contribution in [0.2, 0.25) is 5.02 Å². The second-order valence-electron chi connectivity index (χ2n) is 11.2. The Labute approximate surface area is 241 Å². The van der Waals surface area contributed by atoms with Gasteiger partial charge in [0.15, 0.2) is 5.94 Å². The molecule has 0 bridgehead atoms. The van der Waals surface area contributed by atoms with Crippen molar-refractivity contribution in [2.45, 2.75) is 62.3 Å². The summed E-state index contributed by atoms with van der Waals surface area (Å²) in [6, 6.07) is 3.65. The molecule has 13 heteroatoms. The van der Waals surface area contributed by atoms with Gasteiger partial charge in [0.1, 0.15) is 16.3 Å². The van der Waals surface area contributed by atoms with Crippen LogP contribution in [-0.4, -0.2) is 79.5 Å². The Balaban J connectivity index is 1.36. The highest BCUT2D eigenvalue weighted by atomic mass is 35.5. The SMILES string of the molecule is C[C@@H]1OCC2(CCN(C3=NC(N)=C(Sc4ccn5nccc5c4Cl)C(=C=O)N3C)CC2)[C@@H]1N[S@+]([O-])C(C)(C)C. The van der Waals surface area contributed by atoms with Gasteiger partial charge in [0, 0.05) is 48.0 Å². The van der Waals surface area contributed by atoms with Crippen LogP contribution in [0.5, 0.6) is 0 Å². The van der Waals surface area contributed by atoms with Gasteiger partial charge in [0.2, 0.25) is 5.96 Å². The fraction of sp³-hybridized carbons (Fsp3) is 0.538. The molecular weight excluding hydrogens is 558 g/mol. The van der Waals surface area contributed by atoms with Crippen molar-refractivity contribution in [3.05, 3.63) is 46.0 Å². The molecule has 3 aliphatic rings. The first-order chi connectivity index (χ1) is 18.4. The van der Waals surface area contributed by atoms with Gasteiger partial charge in [-0.15, -0.1) is 4.72 Å². The molecule has 2 aromatic rings. The lowest BCUT2D eigenvalue weighted by atomic mass is 9.73. The van der Waals surface area contributed by atoms with E-state index in [0.717, 1.165) is 23.3 Å². The van der Waals surface area contributed by atoms with Crippen LogP contribution in [0, 0.1) is 5.41 Å². The highest BCUT2D eigenvalue weighted by Crippen LogP contribution is 2.44. The number of fused-ring (bicyclic) bond motifs is 1. The number of aromatic nitrogens is 2. The van der Waals surface area contributed by atoms with Crippen LogP contribution < -0.4 is 10.5 Å². The third-order valence-corrected chi connectivity index (χ3v) is 10.9. The van der Waals surface area contributed by atoms with Crippen molar-refractivity contribution in [1.82, 2.24) is 24.1 Å². The molecule has 0 saturated carbocycles. The third-order valence-electron chi connectivity index (χ3n) is 7.69. The molecule has 0 amide bonds. The molecule has 2 fully saturated rings. The molecule has 10 nitrogen and oxygen atoms in total. The van der Waals surface area contributed by atoms with E-state index >= 15 is 0 Å². The number of piperidine rings is 1. The number of carbonyl (C=O) groups excluding carboxylic acids is 1. The van der Waals surface area contributed by atoms with Gasteiger partial charge in [-0.25, -0.2) is 9.31 Å². The number of rotatable bonds is 4. The monoisotopic (exact) mass is 591 g/mol. The maximum absolute atomic E-state index is 12.9. The summed E-state index contributed by atoms with van der Waals surface area (Å²) in [6.07, 6.45) is 5.11. The van der Waals surface area contributed by atoms with Crippen LogP contribution in [0.4, 0.5) is 0 Å². The number of guanidine groups is 1. The van der Waals surface area contributed by atoms with Crippen molar-refractivity contribution < 1.29 is 14.1 Å². The van der Waals surface area contributed by atoms with Crippen LogP contribution in [0.3, 0.4) is 0 Å². The summed E-state index contributed by atoms with van der Waals surface area (Å²) in [6.45, 7) is 9.96. The number of nitrogens with zero attached hydrogens (tertiary/aromatic N) is 5. The zero-order chi connectivity index (χ0) is 28.1. The number of likely N-dealkylation sites (N-methyl/N-ethyl adjacent to an activating group) is 1. The van der Waals surface area contributed by atoms with E-state index in [0.29, 0.717) is 41.3 Å². The molecule has 3 N–H and O–H groups in total. The number of hydrogen-bond acceptors (Lipinski definition) is 10. The topological polar surface area (TPSA) is 124 Å². The van der Waals surface area contributed by atoms with E-state index in [1.807, 2.05) is 46.0 Å². The van der Waals surface area contributed by atoms with Crippen LogP contribution in [0.25, 0.3) is 5.52 Å². The smallest absolute Gasteiger partial charge is 0.208 e. The van der Waals surface area contributed by atoms with Crippen LogP contribution in [-0.2, 0) is 20.9 Å². The number of aliphatic imine (C=N–C) groups is 1. The molecule has 2 aromatic heterocycles. The summed E-state index contributed by atoms with van der Waals surface area (Å²) >= 11 is 6.71. The molecule has 210 valence electrons. The molecule has 0 unspecified atom stereocenters. The van der Waals surface area contributed by atoms with E-state index in [2.05, 4.69) is 20.7 Å². The third kappa shape index (κ3) is 5.19. The average molecular weight is 592 g/mol. The van der Waals surface area contributed by atoms with Gasteiger partial charge in [0.05, 0.1) is 40.4 Å². The second kappa shape index (κ2) is 10.7. The maximum Gasteiger partial charge on any atom is 0.208 e. The number of pyridine rings is 1. The largest absolute Gasteiger partial charge is 0.598 e. The fourth-order valence-corrected chi connectivity index (χ4v) is 7.66. The molecule has 3 aliphatic heterocycles. The zero-order valence-electron chi connectivity index (χ0n) is 22.7. The molecule has 0 aromatic carbocycles. The van der Waals surface area contributed by atoms with Crippen molar-refractivity contribution in [1.29, 1.82) is 0 Å². The lowest BCUT2D eigenvalue weighted by Gasteiger charge is -2.45. The summed E-state index contributed by atoms with van der Waals surface area (Å²) < 4.78 is 23.7. The predicted octanol–water partition coefficient (Wildman–Crippen LogP) is 3.15. The van der Waals surface area contributed by atoms with E-state index in [9.17, 15) is 9.35 Å². The molecule has 0 radical (unpaired) electrons. The van der Waals surface area contributed by atoms with Gasteiger partial charge in [-0.1, -0.05) is 23.4 Å². The van der Waals surface area contributed by atoms with Crippen molar-refractivity contribution >= 4 is 52.1 Å². The fourth-order valence-electron chi connectivity index (χ4n) is 5.34. The Morgan fingerprint density at radius 3 is 2.72 bits per heavy atom. The molecular formula is C26H34ClN7O3S2. The maximum atomic E-state index is 12.9. The van der Waals surface area contributed by atoms with Gasteiger partial charge in [0.25, 0.3) is 0 Å². The van der Waals surface area contributed by atoms with E-state index in [1.165, 1.54) is 11.8 Å². The number of ether oxygens (including phenoxy) is 1. The number of thioether (sulfide) groups is 1. The van der Waals surface area contributed by atoms with Crippen molar-refractivity contribution in [3.63, 3.8) is 0 Å². The molecule has 3 atom stereocenters. The Bertz CT molecular complexity index is 1370. The van der Waals surface area contributed by atoms with E-state index < -0.39 is 11.4 Å². The van der Waals surface area contributed by atoms with Crippen LogP contribution >= 0.6 is 23.4 Å². The van der Waals surface area contributed by atoms with Crippen molar-refractivity contribution in [2.75, 3.05) is 26.7 Å². The van der Waals surface area contributed by atoms with Crippen molar-refractivity contribution in [2.24, 2.45) is 16.1 Å². The van der Waals surface area contributed by atoms with E-state index in [-0.39, 0.29) is 28.1 Å². The van der Waals surface area contributed by atoms with Crippen molar-refractivity contribution in [3.8, 4) is 0 Å². The van der Waals surface area contributed by atoms with Gasteiger partial charge in [-0.2, -0.15) is 10.1 Å². The molecule has 5 heterocycles. The number of nitrogens with two attached hydrogens (primary N) is 1. The molecule has 1 spiro atoms. The molecule has 0 aliphatic carbocycles. The van der Waals surface area contributed by atoms with Gasteiger partial charge in [-0.3, -0.25) is 0 Å². The summed E-state index contributed by atoms with van der Waals surface area (Å²) in [5.74, 6) is 2.93. The summed E-state index contributed by atoms with van der Waals surface area (Å²) in [5.41, 5.74) is 7.39. The lowest BCUT2D eigenvalue weighted by Crippen LogP contribution is -2.58. The number of halogens is 1. The quantitative estimate of drug-likeness (QED) is 0.407. The van der Waals surface area contributed by atoms with E-state index in [4.69, 9.17) is 27.1 Å². The zero-order valence-corrected chi connectivity index (χ0v) is 25.1. The molecule has 5 rings (SSSR count). The first-order valence-electron chi connectivity index (χ1n) is 12.9. The van der Waals surface area contributed by atoms with Gasteiger partial charge >= 0.3 is 0 Å². The Kier molecular flexibility index (Phi) is 7.75. The van der Waals surface area contributed by atoms with Gasteiger partial charge in [-0.05, 0) is 52.7 Å². The predicted molar refractivity (Wildman–Crippen MR) is 155 cm³/mol. The second-order valence-corrected chi connectivity index (χ2v) is 14.7. The first kappa shape index (κ1) is 28.4. The minimum Gasteiger partial charge on any atom is -0.598 e. The van der Waals surface area contributed by atoms with Gasteiger partial charge < -0.3 is 24.8 Å². The standard InChI is InChI=1S/C26H34ClN7O3S2/c1-16-22(31-39(36)25(2,3)4)26(15-37-16)8-12-33(13-9-26)24-30-23(28)21(18(14-35)32(24)5)38-19-7-11-34-17(20(19)27)6-10-29-34/h6-7,10-11,16,22,31H,8-9,12-13,15,28H2,1-5H3/t16-,22+,39+/m0/s1. The Morgan fingerprint density at radius 1 is 1.33 bits per heavy atom. The van der Waals surface area contributed by atoms with Crippen LogP contribution in [0.1, 0.15) is 40.5 Å². The van der Waals surface area contributed by atoms with Crippen LogP contribution in [0.15, 0.2) is 50.8 Å². The summed E-state index contributed by atoms with van der Waals surface area (Å²) in [5, 5.41) is 4.72. The molecule has 2 saturated heterocycles. The summed E-state index contributed by atoms with van der Waals surface area (Å²) in [4.78, 5) is 22.0. The number of hydrogen-bond donors (Lipinski definition) is 2. The van der Waals surface area contributed by atoms with E-state index in [1.54, 1.807) is 22.7 Å². The Morgan fingerprint density at radius 2 is 2.05 bits per heavy atom. The highest BCUT2D eigenvalue weighted by molar-refractivity contribution is 8.03. The Hall–Kier alpha value is -2.18. The normalized spacial score (nSPS) is 24.5. The molecule has 39 heavy (non-hydrogen) atoms. The first-order valence-corrected chi connectivity index (χ1v) is 15.2. The average Bonchev–Trinajstić information content (AvgIpc) is 3.49. The summed E-state index contributed by atoms with van der Waals surface area (Å²) in [7, 11) is 1.80. The minimum atomic E-state index is -1.19. The minimum absolute atomic E-state index is 0.0120. The number of likely N-dealkylation sites (tertiary alicyclic amines) is 1. The highest BCUT2D eigenvalue weighted by Gasteiger charge is 2.52.